The summed E-state index contributed by atoms with van der Waals surface area (Å²) in [7, 11) is 3.28. The monoisotopic (exact) mass is 631 g/mol. The van der Waals surface area contributed by atoms with Crippen molar-refractivity contribution >= 4 is 33.7 Å². The molecule has 12 heteroatoms. The van der Waals surface area contributed by atoms with Crippen LogP contribution in [-0.2, 0) is 19.1 Å². The van der Waals surface area contributed by atoms with Crippen LogP contribution in [0.25, 0.3) is 5.69 Å². The second kappa shape index (κ2) is 11.5. The number of anilines is 1. The molecule has 0 aliphatic carbocycles. The maximum atomic E-state index is 14.0. The summed E-state index contributed by atoms with van der Waals surface area (Å²) in [5.74, 6) is -0.568. The molecule has 2 aromatic carbocycles. The number of carbonyl (C=O) groups is 2. The van der Waals surface area contributed by atoms with Crippen LogP contribution in [0.4, 0.5) is 19.1 Å². The van der Waals surface area contributed by atoms with Crippen LogP contribution in [-0.4, -0.2) is 52.4 Å². The molecular weight excluding hydrogens is 603 g/mol. The molecule has 1 aliphatic heterocycles. The van der Waals surface area contributed by atoms with Crippen LogP contribution in [0.5, 0.6) is 0 Å². The van der Waals surface area contributed by atoms with Crippen LogP contribution in [0.15, 0.2) is 64.4 Å². The van der Waals surface area contributed by atoms with Crippen molar-refractivity contribution in [1.82, 2.24) is 19.8 Å². The smallest absolute Gasteiger partial charge is 0.355 e. The molecule has 4 rings (SSSR count). The van der Waals surface area contributed by atoms with E-state index in [4.69, 9.17) is 4.98 Å². The molecule has 0 saturated heterocycles. The van der Waals surface area contributed by atoms with Gasteiger partial charge in [-0.1, -0.05) is 22.0 Å². The molecule has 1 N–H and O–H groups in total. The lowest BCUT2D eigenvalue weighted by atomic mass is 9.98. The fraction of sp³-hybridized carbons (Fsp3) is 0.310. The number of alkyl halides is 3. The topological polar surface area (TPSA) is 87.5 Å². The minimum Gasteiger partial charge on any atom is -0.355 e. The van der Waals surface area contributed by atoms with E-state index >= 15 is 0 Å². The number of likely N-dealkylation sites (N-methyl/N-ethyl adjacent to an activating group) is 1. The van der Waals surface area contributed by atoms with Gasteiger partial charge in [-0.2, -0.15) is 13.2 Å². The zero-order valence-electron chi connectivity index (χ0n) is 22.9. The molecule has 0 bridgehead atoms. The Hall–Kier alpha value is -3.93. The highest BCUT2D eigenvalue weighted by Crippen LogP contribution is 2.36. The normalized spacial score (nSPS) is 15.6. The van der Waals surface area contributed by atoms with Crippen molar-refractivity contribution in [1.29, 1.82) is 0 Å². The Kier molecular flexibility index (Phi) is 8.44. The highest BCUT2D eigenvalue weighted by molar-refractivity contribution is 9.10. The van der Waals surface area contributed by atoms with Gasteiger partial charge in [0, 0.05) is 47.3 Å². The van der Waals surface area contributed by atoms with Crippen LogP contribution in [0, 0.1) is 0 Å². The van der Waals surface area contributed by atoms with Gasteiger partial charge < -0.3 is 15.1 Å². The third kappa shape index (κ3) is 5.79. The van der Waals surface area contributed by atoms with Crippen LogP contribution >= 0.6 is 15.9 Å². The molecular formula is C29H29BrF3N5O3. The van der Waals surface area contributed by atoms with E-state index in [-0.39, 0.29) is 40.5 Å². The number of aromatic nitrogens is 2. The number of benzene rings is 2. The Morgan fingerprint density at radius 1 is 1.20 bits per heavy atom. The van der Waals surface area contributed by atoms with Gasteiger partial charge in [0.25, 0.3) is 17.4 Å². The first-order chi connectivity index (χ1) is 19.3. The van der Waals surface area contributed by atoms with Gasteiger partial charge in [-0.05, 0) is 62.7 Å². The molecule has 8 nitrogen and oxygen atoms in total. The first-order valence-electron chi connectivity index (χ1n) is 12.8. The number of hydrogen-bond donors (Lipinski definition) is 1. The predicted molar refractivity (Wildman–Crippen MR) is 153 cm³/mol. The molecule has 1 aliphatic rings. The van der Waals surface area contributed by atoms with E-state index in [0.29, 0.717) is 28.5 Å². The van der Waals surface area contributed by atoms with Crippen molar-refractivity contribution in [2.75, 3.05) is 19.0 Å². The summed E-state index contributed by atoms with van der Waals surface area (Å²) in [5.41, 5.74) is 0.309. The van der Waals surface area contributed by atoms with E-state index in [2.05, 4.69) is 27.8 Å². The van der Waals surface area contributed by atoms with Gasteiger partial charge in [-0.3, -0.25) is 14.4 Å². The summed E-state index contributed by atoms with van der Waals surface area (Å²) >= 11 is 2.91. The zero-order valence-corrected chi connectivity index (χ0v) is 24.5. The standard InChI is InChI=1S/C29H29BrF3N5O3/c1-6-16(2)36(5)28-35-24-15-37(26(40)19-9-12-23(30)22(14-19)29(31,32)33)17(3)13-21(24)27(41)38(28)20-10-7-18(8-11-20)25(39)34-4/h6-12,14,16-17H,1,13,15H2,2-5H3,(H,34,39). The average molecular weight is 632 g/mol. The Morgan fingerprint density at radius 2 is 1.83 bits per heavy atom. The molecule has 41 heavy (non-hydrogen) atoms. The number of carbonyl (C=O) groups excluding carboxylic acids is 2. The molecule has 2 heterocycles. The minimum atomic E-state index is -4.64. The number of nitrogens with one attached hydrogen (secondary N) is 1. The number of amides is 2. The van der Waals surface area contributed by atoms with Crippen LogP contribution in [0.2, 0.25) is 0 Å². The van der Waals surface area contributed by atoms with Gasteiger partial charge in [-0.15, -0.1) is 6.58 Å². The molecule has 0 spiro atoms. The fourth-order valence-corrected chi connectivity index (χ4v) is 5.15. The number of fused-ring (bicyclic) bond motifs is 1. The second-order valence-corrected chi connectivity index (χ2v) is 10.7. The molecule has 216 valence electrons. The summed E-state index contributed by atoms with van der Waals surface area (Å²) in [6.45, 7) is 7.40. The molecule has 0 saturated carbocycles. The summed E-state index contributed by atoms with van der Waals surface area (Å²) in [4.78, 5) is 47.4. The Labute approximate surface area is 243 Å². The summed E-state index contributed by atoms with van der Waals surface area (Å²) in [6, 6.07) is 9.19. The summed E-state index contributed by atoms with van der Waals surface area (Å²) in [5, 5.41) is 2.56. The highest BCUT2D eigenvalue weighted by atomic mass is 79.9. The van der Waals surface area contributed by atoms with Crippen molar-refractivity contribution in [3.63, 3.8) is 0 Å². The van der Waals surface area contributed by atoms with E-state index in [1.807, 2.05) is 6.92 Å². The largest absolute Gasteiger partial charge is 0.417 e. The van der Waals surface area contributed by atoms with Crippen molar-refractivity contribution in [3.8, 4) is 5.69 Å². The van der Waals surface area contributed by atoms with Crippen LogP contribution in [0.3, 0.4) is 0 Å². The third-order valence-corrected chi connectivity index (χ3v) is 7.95. The van der Waals surface area contributed by atoms with Crippen LogP contribution in [0.1, 0.15) is 51.4 Å². The number of halogens is 4. The second-order valence-electron chi connectivity index (χ2n) is 9.87. The third-order valence-electron chi connectivity index (χ3n) is 7.26. The highest BCUT2D eigenvalue weighted by Gasteiger charge is 2.36. The van der Waals surface area contributed by atoms with Gasteiger partial charge in [0.05, 0.1) is 23.5 Å². The SMILES string of the molecule is C=CC(C)N(C)c1nc2c(c(=O)n1-c1ccc(C(=O)NC)cc1)CC(C)N(C(=O)c1ccc(Br)c(C(F)(F)F)c1)C2. The maximum Gasteiger partial charge on any atom is 0.417 e. The quantitative estimate of drug-likeness (QED) is 0.388. The molecule has 3 aromatic rings. The number of nitrogens with zero attached hydrogens (tertiary/aromatic N) is 4. The first-order valence-corrected chi connectivity index (χ1v) is 13.6. The molecule has 1 aromatic heterocycles. The van der Waals surface area contributed by atoms with E-state index in [1.165, 1.54) is 28.6 Å². The van der Waals surface area contributed by atoms with Crippen molar-refractivity contribution in [2.24, 2.45) is 0 Å². The van der Waals surface area contributed by atoms with Crippen molar-refractivity contribution in [3.05, 3.63) is 97.9 Å². The lowest BCUT2D eigenvalue weighted by Crippen LogP contribution is -2.46. The maximum absolute atomic E-state index is 14.0. The van der Waals surface area contributed by atoms with Gasteiger partial charge in [0.1, 0.15) is 0 Å². The molecule has 0 radical (unpaired) electrons. The minimum absolute atomic E-state index is 0.0538. The average Bonchev–Trinajstić information content (AvgIpc) is 2.95. The zero-order chi connectivity index (χ0) is 30.2. The molecule has 2 unspecified atom stereocenters. The predicted octanol–water partition coefficient (Wildman–Crippen LogP) is 4.97. The van der Waals surface area contributed by atoms with E-state index in [9.17, 15) is 27.6 Å². The number of rotatable bonds is 6. The summed E-state index contributed by atoms with van der Waals surface area (Å²) in [6.07, 6.45) is -2.79. The lowest BCUT2D eigenvalue weighted by Gasteiger charge is -2.36. The van der Waals surface area contributed by atoms with Gasteiger partial charge in [0.15, 0.2) is 0 Å². The van der Waals surface area contributed by atoms with E-state index < -0.39 is 23.7 Å². The number of hydrogen-bond acceptors (Lipinski definition) is 5. The van der Waals surface area contributed by atoms with Crippen LogP contribution < -0.4 is 15.8 Å². The van der Waals surface area contributed by atoms with E-state index in [0.717, 1.165) is 6.07 Å². The molecule has 0 fully saturated rings. The fourth-order valence-electron chi connectivity index (χ4n) is 4.68. The van der Waals surface area contributed by atoms with Crippen molar-refractivity contribution < 1.29 is 22.8 Å². The van der Waals surface area contributed by atoms with Gasteiger partial charge >= 0.3 is 6.18 Å². The van der Waals surface area contributed by atoms with Gasteiger partial charge in [0.2, 0.25) is 5.95 Å². The summed E-state index contributed by atoms with van der Waals surface area (Å²) < 4.78 is 41.8. The molecule has 2 amide bonds. The Morgan fingerprint density at radius 3 is 2.41 bits per heavy atom. The van der Waals surface area contributed by atoms with Crippen molar-refractivity contribution in [2.45, 2.75) is 45.1 Å². The molecule has 2 atom stereocenters. The first kappa shape index (κ1) is 30.0. The Bertz CT molecular complexity index is 1570. The van der Waals surface area contributed by atoms with Gasteiger partial charge in [-0.25, -0.2) is 9.55 Å². The lowest BCUT2D eigenvalue weighted by molar-refractivity contribution is -0.138. The van der Waals surface area contributed by atoms with E-state index in [1.54, 1.807) is 49.2 Å². The Balaban J connectivity index is 1.80.